The average molecular weight is 877 g/mol. The Morgan fingerprint density at radius 1 is 0.891 bits per heavy atom. The lowest BCUT2D eigenvalue weighted by molar-refractivity contribution is -0.144. The molecule has 336 valence electrons. The standard InChI is InChI=1S/C45H52N10O9/c1-46-15-16-47-42(59)29-12-10-28(11-13-29)35-26-54(52-51-35)24-31-7-4-6-30-23-53(25-33(30)31)39(56)20-32-19-34(50-43(32)60)44(61)49-22-40(57)55-17-5-8-36(55)41(58)45(62)48-21-27-9-14-37(63-2)38(18-27)64-3/h4,6-7,9-14,18,26,32,34,36,46H,5,8,15-17,19-25H2,1-3H3,(H,47,59)(H,48,62)(H,49,61)(H,50,60)/t32-,34?,36?/m0/s1. The number of hydrogen-bond acceptors (Lipinski definition) is 12. The molecule has 3 aliphatic heterocycles. The summed E-state index contributed by atoms with van der Waals surface area (Å²) in [6, 6.07) is 16.2. The molecule has 2 unspecified atom stereocenters. The predicted octanol–water partition coefficient (Wildman–Crippen LogP) is 0.690. The molecular weight excluding hydrogens is 825 g/mol. The number of methoxy groups -OCH3 is 2. The van der Waals surface area contributed by atoms with Crippen molar-refractivity contribution in [2.45, 2.75) is 63.9 Å². The molecule has 7 rings (SSSR count). The molecule has 0 aliphatic carbocycles. The van der Waals surface area contributed by atoms with E-state index >= 15 is 0 Å². The van der Waals surface area contributed by atoms with Crippen molar-refractivity contribution in [1.82, 2.24) is 51.4 Å². The fourth-order valence-corrected chi connectivity index (χ4v) is 8.26. The summed E-state index contributed by atoms with van der Waals surface area (Å²) in [4.78, 5) is 94.3. The lowest BCUT2D eigenvalue weighted by atomic mass is 10.00. The van der Waals surface area contributed by atoms with Crippen LogP contribution in [0.25, 0.3) is 11.3 Å². The zero-order chi connectivity index (χ0) is 45.3. The van der Waals surface area contributed by atoms with Crippen LogP contribution in [-0.2, 0) is 54.9 Å². The van der Waals surface area contributed by atoms with Crippen LogP contribution >= 0.6 is 0 Å². The molecule has 5 N–H and O–H groups in total. The largest absolute Gasteiger partial charge is 0.493 e. The maximum absolute atomic E-state index is 13.6. The summed E-state index contributed by atoms with van der Waals surface area (Å²) in [5.41, 5.74) is 5.66. The highest BCUT2D eigenvalue weighted by Crippen LogP contribution is 2.30. The molecular formula is C45H52N10O9. The molecule has 4 aromatic rings. The van der Waals surface area contributed by atoms with Gasteiger partial charge in [0.05, 0.1) is 33.5 Å². The first-order valence-electron chi connectivity index (χ1n) is 21.2. The van der Waals surface area contributed by atoms with E-state index in [9.17, 15) is 33.6 Å². The number of amides is 6. The Labute approximate surface area is 369 Å². The number of rotatable bonds is 18. The minimum absolute atomic E-state index is 0.0560. The molecule has 0 radical (unpaired) electrons. The zero-order valence-corrected chi connectivity index (χ0v) is 36.0. The van der Waals surface area contributed by atoms with E-state index in [1.54, 1.807) is 39.9 Å². The van der Waals surface area contributed by atoms with E-state index in [0.717, 1.165) is 22.3 Å². The maximum Gasteiger partial charge on any atom is 0.289 e. The van der Waals surface area contributed by atoms with Crippen molar-refractivity contribution in [3.8, 4) is 22.8 Å². The Hall–Kier alpha value is -7.15. The average Bonchev–Trinajstić information content (AvgIpc) is 4.15. The number of ketones is 1. The van der Waals surface area contributed by atoms with Crippen LogP contribution in [0.2, 0.25) is 0 Å². The van der Waals surface area contributed by atoms with Crippen molar-refractivity contribution >= 4 is 41.2 Å². The van der Waals surface area contributed by atoms with Crippen LogP contribution in [0.1, 0.15) is 58.3 Å². The molecule has 2 saturated heterocycles. The molecule has 19 nitrogen and oxygen atoms in total. The van der Waals surface area contributed by atoms with Gasteiger partial charge in [-0.25, -0.2) is 4.68 Å². The van der Waals surface area contributed by atoms with Gasteiger partial charge in [0.2, 0.25) is 29.4 Å². The molecule has 3 aliphatic rings. The Bertz CT molecular complexity index is 2420. The second-order valence-electron chi connectivity index (χ2n) is 15.9. The molecule has 3 atom stereocenters. The molecule has 0 bridgehead atoms. The van der Waals surface area contributed by atoms with E-state index < -0.39 is 54.0 Å². The predicted molar refractivity (Wildman–Crippen MR) is 230 cm³/mol. The first kappa shape index (κ1) is 44.9. The van der Waals surface area contributed by atoms with Crippen molar-refractivity contribution in [3.05, 3.63) is 94.7 Å². The first-order chi connectivity index (χ1) is 31.0. The topological polar surface area (TPSA) is 235 Å². The van der Waals surface area contributed by atoms with Crippen LogP contribution in [0, 0.1) is 5.92 Å². The van der Waals surface area contributed by atoms with Gasteiger partial charge >= 0.3 is 0 Å². The molecule has 3 aromatic carbocycles. The lowest BCUT2D eigenvalue weighted by Crippen LogP contribution is -2.50. The number of benzene rings is 3. The van der Waals surface area contributed by atoms with Crippen molar-refractivity contribution < 1.29 is 43.0 Å². The molecule has 64 heavy (non-hydrogen) atoms. The van der Waals surface area contributed by atoms with Crippen molar-refractivity contribution in [2.24, 2.45) is 5.92 Å². The highest BCUT2D eigenvalue weighted by molar-refractivity contribution is 6.38. The third-order valence-electron chi connectivity index (χ3n) is 11.8. The Kier molecular flexibility index (Phi) is 14.3. The smallest absolute Gasteiger partial charge is 0.289 e. The molecule has 2 fully saturated rings. The normalized spacial score (nSPS) is 17.7. The number of ether oxygens (including phenoxy) is 2. The number of carbonyl (C=O) groups excluding carboxylic acids is 7. The van der Waals surface area contributed by atoms with Gasteiger partial charge in [-0.15, -0.1) is 5.10 Å². The summed E-state index contributed by atoms with van der Waals surface area (Å²) >= 11 is 0. The van der Waals surface area contributed by atoms with Gasteiger partial charge in [0.25, 0.3) is 11.8 Å². The summed E-state index contributed by atoms with van der Waals surface area (Å²) in [6.07, 6.45) is 2.63. The van der Waals surface area contributed by atoms with Crippen LogP contribution in [0.3, 0.4) is 0 Å². The van der Waals surface area contributed by atoms with Gasteiger partial charge in [0.15, 0.2) is 11.5 Å². The summed E-state index contributed by atoms with van der Waals surface area (Å²) < 4.78 is 12.3. The number of aromatic nitrogens is 3. The van der Waals surface area contributed by atoms with Gasteiger partial charge in [0, 0.05) is 62.7 Å². The van der Waals surface area contributed by atoms with Gasteiger partial charge < -0.3 is 45.9 Å². The monoisotopic (exact) mass is 876 g/mol. The third kappa shape index (κ3) is 10.4. The van der Waals surface area contributed by atoms with Gasteiger partial charge in [-0.3, -0.25) is 33.6 Å². The number of Topliss-reactive ketones (excluding diaryl/α,β-unsaturated/α-hetero) is 1. The number of fused-ring (bicyclic) bond motifs is 1. The first-order valence-corrected chi connectivity index (χ1v) is 21.2. The Morgan fingerprint density at radius 2 is 1.69 bits per heavy atom. The number of nitrogens with zero attached hydrogens (tertiary/aromatic N) is 5. The molecule has 19 heteroatoms. The summed E-state index contributed by atoms with van der Waals surface area (Å²) in [5, 5.41) is 22.3. The molecule has 6 amide bonds. The van der Waals surface area contributed by atoms with Gasteiger partial charge in [-0.2, -0.15) is 0 Å². The van der Waals surface area contributed by atoms with Crippen molar-refractivity contribution in [3.63, 3.8) is 0 Å². The lowest BCUT2D eigenvalue weighted by Gasteiger charge is -2.23. The van der Waals surface area contributed by atoms with Crippen LogP contribution in [0.15, 0.2) is 66.9 Å². The van der Waals surface area contributed by atoms with E-state index in [4.69, 9.17) is 9.47 Å². The quantitative estimate of drug-likeness (QED) is 0.0687. The summed E-state index contributed by atoms with van der Waals surface area (Å²) in [5.74, 6) is -3.24. The molecule has 0 saturated carbocycles. The SMILES string of the molecule is CNCCNC(=O)c1ccc(-c2cn(Cc3cccc4c3CN(C(=O)C[C@@H]3CC(C(=O)NCC(=O)N5CCCC5C(=O)C(=O)NCc5ccc(OC)c(OC)c5)NC3=O)C4)nn2)cc1. The van der Waals surface area contributed by atoms with E-state index in [0.29, 0.717) is 73.9 Å². The zero-order valence-electron chi connectivity index (χ0n) is 36.0. The molecule has 4 heterocycles. The summed E-state index contributed by atoms with van der Waals surface area (Å²) in [7, 11) is 4.82. The fraction of sp³-hybridized carbons (Fsp3) is 0.400. The molecule has 1 aromatic heterocycles. The number of carbonyl (C=O) groups is 7. The van der Waals surface area contributed by atoms with Gasteiger partial charge in [-0.1, -0.05) is 41.6 Å². The highest BCUT2D eigenvalue weighted by Gasteiger charge is 2.40. The Morgan fingerprint density at radius 3 is 2.45 bits per heavy atom. The van der Waals surface area contributed by atoms with E-state index in [1.165, 1.54) is 19.1 Å². The van der Waals surface area contributed by atoms with E-state index in [1.807, 2.05) is 43.6 Å². The second kappa shape index (κ2) is 20.4. The highest BCUT2D eigenvalue weighted by atomic mass is 16.5. The van der Waals surface area contributed by atoms with Crippen LogP contribution in [0.5, 0.6) is 11.5 Å². The van der Waals surface area contributed by atoms with Crippen molar-refractivity contribution in [1.29, 1.82) is 0 Å². The van der Waals surface area contributed by atoms with Crippen molar-refractivity contribution in [2.75, 3.05) is 47.4 Å². The Balaban J connectivity index is 0.862. The number of likely N-dealkylation sites (N-methyl/N-ethyl adjacent to an activating group) is 1. The number of nitrogens with one attached hydrogen (secondary N) is 5. The second-order valence-corrected chi connectivity index (χ2v) is 15.9. The van der Waals surface area contributed by atoms with Crippen LogP contribution in [-0.4, -0.2) is 126 Å². The third-order valence-corrected chi connectivity index (χ3v) is 11.8. The van der Waals surface area contributed by atoms with Gasteiger partial charge in [-0.05, 0) is 72.8 Å². The maximum atomic E-state index is 13.6. The minimum Gasteiger partial charge on any atom is -0.493 e. The minimum atomic E-state index is -0.968. The van der Waals surface area contributed by atoms with E-state index in [2.05, 4.69) is 36.9 Å². The van der Waals surface area contributed by atoms with Gasteiger partial charge in [0.1, 0.15) is 17.8 Å². The molecule has 0 spiro atoms. The number of hydrogen-bond donors (Lipinski definition) is 5. The van der Waals surface area contributed by atoms with Crippen LogP contribution in [0.4, 0.5) is 0 Å². The fourth-order valence-electron chi connectivity index (χ4n) is 8.26. The number of likely N-dealkylation sites (tertiary alicyclic amines) is 1. The van der Waals surface area contributed by atoms with Crippen LogP contribution < -0.4 is 36.1 Å². The summed E-state index contributed by atoms with van der Waals surface area (Å²) in [6.45, 7) is 2.21. The van der Waals surface area contributed by atoms with E-state index in [-0.39, 0.29) is 37.7 Å².